The number of imidazole rings is 1. The summed E-state index contributed by atoms with van der Waals surface area (Å²) in [6, 6.07) is 0.110. The Hall–Kier alpha value is -1.32. The molecule has 0 aliphatic carbocycles. The van der Waals surface area contributed by atoms with Gasteiger partial charge in [-0.15, -0.1) is 0 Å². The molecule has 0 aliphatic rings. The molecule has 1 heterocycles. The van der Waals surface area contributed by atoms with Crippen LogP contribution in [0.5, 0.6) is 0 Å². The van der Waals surface area contributed by atoms with Crippen LogP contribution in [0.2, 0.25) is 0 Å². The van der Waals surface area contributed by atoms with Gasteiger partial charge in [0, 0.05) is 18.4 Å². The van der Waals surface area contributed by atoms with Gasteiger partial charge in [0.15, 0.2) is 0 Å². The molecule has 1 atom stereocenters. The largest absolute Gasteiger partial charge is 0.335 e. The lowest BCUT2D eigenvalue weighted by molar-refractivity contribution is 0.238. The molecule has 0 bridgehead atoms. The topological polar surface area (TPSA) is 46.9 Å². The minimum Gasteiger partial charge on any atom is -0.335 e. The SMILES string of the molecule is CCC[C@@H](C)NC(=O)n1ccnc1. The van der Waals surface area contributed by atoms with Crippen molar-refractivity contribution >= 4 is 6.03 Å². The van der Waals surface area contributed by atoms with Gasteiger partial charge >= 0.3 is 6.03 Å². The molecule has 0 saturated heterocycles. The predicted molar refractivity (Wildman–Crippen MR) is 50.5 cm³/mol. The van der Waals surface area contributed by atoms with Crippen molar-refractivity contribution in [2.24, 2.45) is 0 Å². The summed E-state index contributed by atoms with van der Waals surface area (Å²) in [5.41, 5.74) is 0. The molecule has 1 aromatic heterocycles. The maximum absolute atomic E-state index is 11.4. The first-order valence-corrected chi connectivity index (χ1v) is 4.53. The van der Waals surface area contributed by atoms with E-state index in [-0.39, 0.29) is 12.1 Å². The number of aromatic nitrogens is 2. The van der Waals surface area contributed by atoms with E-state index in [4.69, 9.17) is 0 Å². The number of amides is 1. The lowest BCUT2D eigenvalue weighted by atomic mass is 10.2. The number of hydrogen-bond acceptors (Lipinski definition) is 2. The van der Waals surface area contributed by atoms with Crippen molar-refractivity contribution in [2.45, 2.75) is 32.7 Å². The molecule has 0 aromatic carbocycles. The Morgan fingerprint density at radius 2 is 2.46 bits per heavy atom. The summed E-state index contributed by atoms with van der Waals surface area (Å²) in [5.74, 6) is 0. The zero-order valence-corrected chi connectivity index (χ0v) is 8.03. The van der Waals surface area contributed by atoms with Crippen molar-refractivity contribution in [1.29, 1.82) is 0 Å². The van der Waals surface area contributed by atoms with Gasteiger partial charge in [-0.25, -0.2) is 9.78 Å². The van der Waals surface area contributed by atoms with Crippen LogP contribution in [0.3, 0.4) is 0 Å². The van der Waals surface area contributed by atoms with Crippen molar-refractivity contribution < 1.29 is 4.79 Å². The second-order valence-electron chi connectivity index (χ2n) is 3.11. The van der Waals surface area contributed by atoms with Crippen LogP contribution in [0.25, 0.3) is 0 Å². The van der Waals surface area contributed by atoms with Crippen LogP contribution < -0.4 is 5.32 Å². The third-order valence-corrected chi connectivity index (χ3v) is 1.83. The van der Waals surface area contributed by atoms with Crippen LogP contribution in [0.1, 0.15) is 26.7 Å². The Balaban J connectivity index is 2.42. The first-order valence-electron chi connectivity index (χ1n) is 4.53. The maximum Gasteiger partial charge on any atom is 0.327 e. The van der Waals surface area contributed by atoms with Gasteiger partial charge in [0.1, 0.15) is 6.33 Å². The summed E-state index contributed by atoms with van der Waals surface area (Å²) in [6.07, 6.45) is 6.79. The minimum absolute atomic E-state index is 0.113. The number of hydrogen-bond donors (Lipinski definition) is 1. The lowest BCUT2D eigenvalue weighted by Gasteiger charge is -2.12. The third kappa shape index (κ3) is 2.89. The molecule has 1 amide bonds. The molecule has 1 N–H and O–H groups in total. The molecule has 0 radical (unpaired) electrons. The highest BCUT2D eigenvalue weighted by atomic mass is 16.2. The fourth-order valence-electron chi connectivity index (χ4n) is 1.17. The number of rotatable bonds is 3. The van der Waals surface area contributed by atoms with Gasteiger partial charge in [0.25, 0.3) is 0 Å². The molecule has 13 heavy (non-hydrogen) atoms. The highest BCUT2D eigenvalue weighted by molar-refractivity contribution is 5.76. The highest BCUT2D eigenvalue weighted by Gasteiger charge is 2.06. The van der Waals surface area contributed by atoms with Crippen LogP contribution in [0, 0.1) is 0 Å². The second kappa shape index (κ2) is 4.64. The molecule has 1 aromatic rings. The van der Waals surface area contributed by atoms with E-state index in [1.807, 2.05) is 6.92 Å². The van der Waals surface area contributed by atoms with Gasteiger partial charge in [-0.3, -0.25) is 4.57 Å². The van der Waals surface area contributed by atoms with Crippen LogP contribution in [-0.2, 0) is 0 Å². The minimum atomic E-state index is -0.113. The molecular formula is C9H15N3O. The van der Waals surface area contributed by atoms with Crippen molar-refractivity contribution in [3.63, 3.8) is 0 Å². The van der Waals surface area contributed by atoms with Crippen LogP contribution in [0.4, 0.5) is 4.79 Å². The lowest BCUT2D eigenvalue weighted by Crippen LogP contribution is -2.35. The molecular weight excluding hydrogens is 166 g/mol. The Morgan fingerprint density at radius 3 is 3.00 bits per heavy atom. The van der Waals surface area contributed by atoms with E-state index in [0.717, 1.165) is 12.8 Å². The molecule has 0 aliphatic heterocycles. The highest BCUT2D eigenvalue weighted by Crippen LogP contribution is 1.95. The van der Waals surface area contributed by atoms with E-state index in [2.05, 4.69) is 17.2 Å². The predicted octanol–water partition coefficient (Wildman–Crippen LogP) is 1.63. The van der Waals surface area contributed by atoms with Crippen molar-refractivity contribution in [3.05, 3.63) is 18.7 Å². The quantitative estimate of drug-likeness (QED) is 0.770. The number of nitrogens with one attached hydrogen (secondary N) is 1. The molecule has 0 saturated carbocycles. The van der Waals surface area contributed by atoms with Gasteiger partial charge in [-0.2, -0.15) is 0 Å². The zero-order valence-electron chi connectivity index (χ0n) is 8.03. The summed E-state index contributed by atoms with van der Waals surface area (Å²) in [4.78, 5) is 15.2. The number of carbonyl (C=O) groups is 1. The van der Waals surface area contributed by atoms with Crippen LogP contribution in [0.15, 0.2) is 18.7 Å². The van der Waals surface area contributed by atoms with E-state index in [1.54, 1.807) is 12.4 Å². The number of carbonyl (C=O) groups excluding carboxylic acids is 1. The summed E-state index contributed by atoms with van der Waals surface area (Å²) in [7, 11) is 0. The molecule has 0 fully saturated rings. The maximum atomic E-state index is 11.4. The standard InChI is InChI=1S/C9H15N3O/c1-3-4-8(2)11-9(13)12-6-5-10-7-12/h5-8H,3-4H2,1-2H3,(H,11,13)/t8-/m1/s1. The molecule has 4 nitrogen and oxygen atoms in total. The van der Waals surface area contributed by atoms with E-state index in [0.29, 0.717) is 0 Å². The van der Waals surface area contributed by atoms with E-state index < -0.39 is 0 Å². The van der Waals surface area contributed by atoms with Gasteiger partial charge in [0.2, 0.25) is 0 Å². The van der Waals surface area contributed by atoms with Gasteiger partial charge in [0.05, 0.1) is 0 Å². The molecule has 1 rings (SSSR count). The first kappa shape index (κ1) is 9.77. The van der Waals surface area contributed by atoms with Crippen molar-refractivity contribution in [2.75, 3.05) is 0 Å². The van der Waals surface area contributed by atoms with Gasteiger partial charge in [-0.1, -0.05) is 13.3 Å². The Bertz CT molecular complexity index is 256. The van der Waals surface area contributed by atoms with E-state index >= 15 is 0 Å². The van der Waals surface area contributed by atoms with Gasteiger partial charge in [-0.05, 0) is 13.3 Å². The second-order valence-corrected chi connectivity index (χ2v) is 3.11. The Morgan fingerprint density at radius 1 is 1.69 bits per heavy atom. The molecule has 0 unspecified atom stereocenters. The zero-order chi connectivity index (χ0) is 9.68. The van der Waals surface area contributed by atoms with Crippen molar-refractivity contribution in [3.8, 4) is 0 Å². The summed E-state index contributed by atoms with van der Waals surface area (Å²) in [5, 5.41) is 2.87. The average molecular weight is 181 g/mol. The Labute approximate surface area is 78.0 Å². The Kier molecular flexibility index (Phi) is 3.49. The fourth-order valence-corrected chi connectivity index (χ4v) is 1.17. The van der Waals surface area contributed by atoms with Crippen molar-refractivity contribution in [1.82, 2.24) is 14.9 Å². The molecule has 72 valence electrons. The fraction of sp³-hybridized carbons (Fsp3) is 0.556. The molecule has 4 heteroatoms. The van der Waals surface area contributed by atoms with Crippen LogP contribution >= 0.6 is 0 Å². The summed E-state index contributed by atoms with van der Waals surface area (Å²) >= 11 is 0. The summed E-state index contributed by atoms with van der Waals surface area (Å²) in [6.45, 7) is 4.10. The van der Waals surface area contributed by atoms with Crippen LogP contribution in [-0.4, -0.2) is 21.6 Å². The number of nitrogens with zero attached hydrogens (tertiary/aromatic N) is 2. The monoisotopic (exact) mass is 181 g/mol. The third-order valence-electron chi connectivity index (χ3n) is 1.83. The molecule has 0 spiro atoms. The van der Waals surface area contributed by atoms with Gasteiger partial charge < -0.3 is 5.32 Å². The normalized spacial score (nSPS) is 12.5. The van der Waals surface area contributed by atoms with E-state index in [1.165, 1.54) is 10.9 Å². The average Bonchev–Trinajstić information content (AvgIpc) is 2.55. The smallest absolute Gasteiger partial charge is 0.327 e. The summed E-state index contributed by atoms with van der Waals surface area (Å²) < 4.78 is 1.44. The first-order chi connectivity index (χ1) is 6.24. The van der Waals surface area contributed by atoms with E-state index in [9.17, 15) is 4.79 Å².